The maximum atomic E-state index is 12.9. The Bertz CT molecular complexity index is 482. The number of halogens is 2. The summed E-state index contributed by atoms with van der Waals surface area (Å²) < 4.78 is 12.9. The Labute approximate surface area is 114 Å². The number of carboxylic acids is 1. The summed E-state index contributed by atoms with van der Waals surface area (Å²) in [6.07, 6.45) is 0.302. The molecular weight excluding hydrogens is 275 g/mol. The number of hydrogen-bond donors (Lipinski definition) is 3. The molecule has 0 aromatic heterocycles. The first-order valence-corrected chi connectivity index (χ1v) is 6.00. The van der Waals surface area contributed by atoms with Gasteiger partial charge in [0.2, 0.25) is 0 Å². The maximum absolute atomic E-state index is 12.9. The molecule has 5 nitrogen and oxygen atoms in total. The highest BCUT2D eigenvalue weighted by Gasteiger charge is 2.10. The van der Waals surface area contributed by atoms with Gasteiger partial charge in [-0.3, -0.25) is 4.79 Å². The van der Waals surface area contributed by atoms with E-state index in [1.807, 2.05) is 0 Å². The molecule has 0 radical (unpaired) electrons. The van der Waals surface area contributed by atoms with Crippen LogP contribution >= 0.6 is 11.6 Å². The molecule has 1 atom stereocenters. The summed E-state index contributed by atoms with van der Waals surface area (Å²) in [5.41, 5.74) is 0.356. The SMILES string of the molecule is CC(CCC(=O)O)NC(=O)Nc1ccc(F)c(Cl)c1. The highest BCUT2D eigenvalue weighted by molar-refractivity contribution is 6.31. The number of nitrogens with one attached hydrogen (secondary N) is 2. The van der Waals surface area contributed by atoms with Crippen LogP contribution in [0.1, 0.15) is 19.8 Å². The van der Waals surface area contributed by atoms with Crippen molar-refractivity contribution in [1.29, 1.82) is 0 Å². The first-order chi connectivity index (χ1) is 8.88. The fourth-order valence-corrected chi connectivity index (χ4v) is 1.56. The van der Waals surface area contributed by atoms with Gasteiger partial charge in [-0.2, -0.15) is 0 Å². The number of carboxylic acid groups (broad SMARTS) is 1. The van der Waals surface area contributed by atoms with Gasteiger partial charge in [-0.1, -0.05) is 11.6 Å². The van der Waals surface area contributed by atoms with Gasteiger partial charge in [0.25, 0.3) is 0 Å². The number of benzene rings is 1. The van der Waals surface area contributed by atoms with E-state index >= 15 is 0 Å². The lowest BCUT2D eigenvalue weighted by Gasteiger charge is -2.13. The Kier molecular flexibility index (Phi) is 5.57. The second-order valence-corrected chi connectivity index (χ2v) is 4.47. The van der Waals surface area contributed by atoms with E-state index in [-0.39, 0.29) is 17.5 Å². The van der Waals surface area contributed by atoms with E-state index in [4.69, 9.17) is 16.7 Å². The van der Waals surface area contributed by atoms with E-state index in [2.05, 4.69) is 10.6 Å². The molecule has 0 saturated heterocycles. The van der Waals surface area contributed by atoms with Crippen molar-refractivity contribution < 1.29 is 19.1 Å². The van der Waals surface area contributed by atoms with Crippen LogP contribution in [0.15, 0.2) is 18.2 Å². The molecule has 19 heavy (non-hydrogen) atoms. The molecular formula is C12H14ClFN2O3. The quantitative estimate of drug-likeness (QED) is 0.779. The predicted molar refractivity (Wildman–Crippen MR) is 69.9 cm³/mol. The van der Waals surface area contributed by atoms with Gasteiger partial charge in [-0.05, 0) is 31.5 Å². The minimum Gasteiger partial charge on any atom is -0.481 e. The standard InChI is InChI=1S/C12H14ClFN2O3/c1-7(2-5-11(17)18)15-12(19)16-8-3-4-10(14)9(13)6-8/h3-4,6-7H,2,5H2,1H3,(H,17,18)(H2,15,16,19). The lowest BCUT2D eigenvalue weighted by molar-refractivity contribution is -0.137. The van der Waals surface area contributed by atoms with E-state index in [1.165, 1.54) is 12.1 Å². The normalized spacial score (nSPS) is 11.7. The number of anilines is 1. The van der Waals surface area contributed by atoms with E-state index in [0.29, 0.717) is 12.1 Å². The third-order valence-electron chi connectivity index (χ3n) is 2.35. The van der Waals surface area contributed by atoms with Crippen LogP contribution in [0.3, 0.4) is 0 Å². The van der Waals surface area contributed by atoms with Crippen LogP contribution in [-0.2, 0) is 4.79 Å². The molecule has 0 saturated carbocycles. The van der Waals surface area contributed by atoms with Crippen molar-refractivity contribution in [3.05, 3.63) is 29.0 Å². The summed E-state index contributed by atoms with van der Waals surface area (Å²) in [6, 6.07) is 3.03. The minimum atomic E-state index is -0.917. The second-order valence-electron chi connectivity index (χ2n) is 4.06. The molecule has 0 aliphatic heterocycles. The molecule has 0 spiro atoms. The highest BCUT2D eigenvalue weighted by atomic mass is 35.5. The van der Waals surface area contributed by atoms with Crippen molar-refractivity contribution in [3.63, 3.8) is 0 Å². The molecule has 7 heteroatoms. The maximum Gasteiger partial charge on any atom is 0.319 e. The van der Waals surface area contributed by atoms with Gasteiger partial charge in [-0.25, -0.2) is 9.18 Å². The van der Waals surface area contributed by atoms with E-state index in [1.54, 1.807) is 6.92 Å². The molecule has 0 bridgehead atoms. The zero-order valence-electron chi connectivity index (χ0n) is 10.2. The van der Waals surface area contributed by atoms with Crippen LogP contribution in [-0.4, -0.2) is 23.1 Å². The van der Waals surface area contributed by atoms with Gasteiger partial charge in [0.15, 0.2) is 0 Å². The zero-order chi connectivity index (χ0) is 14.4. The van der Waals surface area contributed by atoms with Crippen molar-refractivity contribution in [3.8, 4) is 0 Å². The molecule has 2 amide bonds. The Balaban J connectivity index is 2.46. The lowest BCUT2D eigenvalue weighted by Crippen LogP contribution is -2.36. The van der Waals surface area contributed by atoms with E-state index in [9.17, 15) is 14.0 Å². The van der Waals surface area contributed by atoms with E-state index in [0.717, 1.165) is 6.07 Å². The predicted octanol–water partition coefficient (Wildman–Crippen LogP) is 2.85. The first kappa shape index (κ1) is 15.2. The number of aliphatic carboxylic acids is 1. The number of rotatable bonds is 5. The van der Waals surface area contributed by atoms with Crippen molar-refractivity contribution >= 4 is 29.3 Å². The van der Waals surface area contributed by atoms with Crippen LogP contribution in [0, 0.1) is 5.82 Å². The molecule has 1 aromatic carbocycles. The Morgan fingerprint density at radius 1 is 1.47 bits per heavy atom. The highest BCUT2D eigenvalue weighted by Crippen LogP contribution is 2.19. The number of carbonyl (C=O) groups is 2. The Morgan fingerprint density at radius 2 is 2.16 bits per heavy atom. The average Bonchev–Trinajstić information content (AvgIpc) is 2.31. The molecule has 0 aliphatic rings. The molecule has 104 valence electrons. The third kappa shape index (κ3) is 5.56. The van der Waals surface area contributed by atoms with Crippen LogP contribution in [0.4, 0.5) is 14.9 Å². The molecule has 1 rings (SSSR count). The van der Waals surface area contributed by atoms with Gasteiger partial charge in [-0.15, -0.1) is 0 Å². The van der Waals surface area contributed by atoms with Crippen LogP contribution in [0.2, 0.25) is 5.02 Å². The van der Waals surface area contributed by atoms with Crippen LogP contribution < -0.4 is 10.6 Å². The summed E-state index contributed by atoms with van der Waals surface area (Å²) >= 11 is 5.58. The first-order valence-electron chi connectivity index (χ1n) is 5.63. The van der Waals surface area contributed by atoms with Gasteiger partial charge in [0.05, 0.1) is 5.02 Å². The molecule has 0 fully saturated rings. The van der Waals surface area contributed by atoms with Crippen LogP contribution in [0.25, 0.3) is 0 Å². The second kappa shape index (κ2) is 6.94. The third-order valence-corrected chi connectivity index (χ3v) is 2.64. The summed E-state index contributed by atoms with van der Waals surface area (Å²) in [5.74, 6) is -1.48. The fourth-order valence-electron chi connectivity index (χ4n) is 1.38. The van der Waals surface area contributed by atoms with Gasteiger partial charge >= 0.3 is 12.0 Å². The fraction of sp³-hybridized carbons (Fsp3) is 0.333. The van der Waals surface area contributed by atoms with Crippen molar-refractivity contribution in [1.82, 2.24) is 5.32 Å². The molecule has 0 heterocycles. The number of carbonyl (C=O) groups excluding carboxylic acids is 1. The smallest absolute Gasteiger partial charge is 0.319 e. The summed E-state index contributed by atoms with van der Waals surface area (Å²) in [6.45, 7) is 1.69. The summed E-state index contributed by atoms with van der Waals surface area (Å²) in [5, 5.41) is 13.5. The monoisotopic (exact) mass is 288 g/mol. The zero-order valence-corrected chi connectivity index (χ0v) is 11.0. The van der Waals surface area contributed by atoms with Crippen molar-refractivity contribution in [2.75, 3.05) is 5.32 Å². The summed E-state index contributed by atoms with van der Waals surface area (Å²) in [7, 11) is 0. The average molecular weight is 289 g/mol. The van der Waals surface area contributed by atoms with Crippen molar-refractivity contribution in [2.45, 2.75) is 25.8 Å². The van der Waals surface area contributed by atoms with Gasteiger partial charge in [0, 0.05) is 18.2 Å². The Morgan fingerprint density at radius 3 is 2.74 bits per heavy atom. The van der Waals surface area contributed by atoms with Gasteiger partial charge < -0.3 is 15.7 Å². The van der Waals surface area contributed by atoms with Gasteiger partial charge in [0.1, 0.15) is 5.82 Å². The molecule has 1 unspecified atom stereocenters. The van der Waals surface area contributed by atoms with Crippen molar-refractivity contribution in [2.24, 2.45) is 0 Å². The molecule has 3 N–H and O–H groups in total. The Hall–Kier alpha value is -1.82. The molecule has 0 aliphatic carbocycles. The largest absolute Gasteiger partial charge is 0.481 e. The van der Waals surface area contributed by atoms with E-state index < -0.39 is 17.8 Å². The minimum absolute atomic E-state index is 0.0240. The topological polar surface area (TPSA) is 78.4 Å². The number of urea groups is 1. The lowest BCUT2D eigenvalue weighted by atomic mass is 10.2. The number of hydrogen-bond acceptors (Lipinski definition) is 2. The van der Waals surface area contributed by atoms with Crippen LogP contribution in [0.5, 0.6) is 0 Å². The number of amides is 2. The summed E-state index contributed by atoms with van der Waals surface area (Å²) in [4.78, 5) is 21.9. The molecule has 1 aromatic rings.